The van der Waals surface area contributed by atoms with Gasteiger partial charge < -0.3 is 14.9 Å². The molecule has 1 aromatic carbocycles. The monoisotopic (exact) mass is 234 g/mol. The Kier molecular flexibility index (Phi) is 3.00. The molecule has 1 heterocycles. The molecular formula is C13H14O4. The Balaban J connectivity index is 2.35. The van der Waals surface area contributed by atoms with Gasteiger partial charge in [-0.25, -0.2) is 0 Å². The fourth-order valence-corrected chi connectivity index (χ4v) is 1.87. The summed E-state index contributed by atoms with van der Waals surface area (Å²) in [6.07, 6.45) is -1.53. The Bertz CT molecular complexity index is 478. The van der Waals surface area contributed by atoms with Crippen molar-refractivity contribution in [3.05, 3.63) is 41.5 Å². The summed E-state index contributed by atoms with van der Waals surface area (Å²) in [7, 11) is 0. The van der Waals surface area contributed by atoms with E-state index in [0.29, 0.717) is 22.4 Å². The van der Waals surface area contributed by atoms with Crippen LogP contribution in [-0.2, 0) is 0 Å². The molecule has 17 heavy (non-hydrogen) atoms. The van der Waals surface area contributed by atoms with Gasteiger partial charge in [-0.15, -0.1) is 0 Å². The average Bonchev–Trinajstić information content (AvgIpc) is 2.65. The minimum atomic E-state index is -0.885. The molecule has 0 spiro atoms. The van der Waals surface area contributed by atoms with E-state index in [0.717, 1.165) is 0 Å². The normalized spacial score (nSPS) is 21.8. The molecule has 0 aliphatic carbocycles. The molecule has 2 atom stereocenters. The van der Waals surface area contributed by atoms with E-state index in [-0.39, 0.29) is 12.4 Å². The summed E-state index contributed by atoms with van der Waals surface area (Å²) < 4.78 is 5.49. The Labute approximate surface area is 99.2 Å². The number of ketones is 1. The molecule has 0 bridgehead atoms. The predicted octanol–water partition coefficient (Wildman–Crippen LogP) is 1.23. The third-order valence-corrected chi connectivity index (χ3v) is 2.88. The molecule has 0 aromatic heterocycles. The van der Waals surface area contributed by atoms with Gasteiger partial charge in [-0.1, -0.05) is 6.58 Å². The van der Waals surface area contributed by atoms with E-state index in [1.165, 1.54) is 6.92 Å². The number of rotatable bonds is 3. The zero-order chi connectivity index (χ0) is 12.6. The zero-order valence-electron chi connectivity index (χ0n) is 9.51. The minimum absolute atomic E-state index is 0.0653. The molecule has 2 rings (SSSR count). The third-order valence-electron chi connectivity index (χ3n) is 2.88. The fraction of sp³-hybridized carbons (Fsp3) is 0.308. The summed E-state index contributed by atoms with van der Waals surface area (Å²) >= 11 is 0. The smallest absolute Gasteiger partial charge is 0.159 e. The first-order valence-electron chi connectivity index (χ1n) is 5.32. The van der Waals surface area contributed by atoms with Gasteiger partial charge in [0.15, 0.2) is 11.9 Å². The Morgan fingerprint density at radius 3 is 2.82 bits per heavy atom. The summed E-state index contributed by atoms with van der Waals surface area (Å²) in [6, 6.07) is 4.92. The summed E-state index contributed by atoms with van der Waals surface area (Å²) in [5.41, 5.74) is 1.51. The summed E-state index contributed by atoms with van der Waals surface area (Å²) in [6.45, 7) is 4.87. The van der Waals surface area contributed by atoms with Crippen molar-refractivity contribution in [3.63, 3.8) is 0 Å². The number of aliphatic hydroxyl groups excluding tert-OH is 2. The highest BCUT2D eigenvalue weighted by Gasteiger charge is 2.34. The van der Waals surface area contributed by atoms with Gasteiger partial charge in [-0.05, 0) is 30.7 Å². The fourth-order valence-electron chi connectivity index (χ4n) is 1.87. The van der Waals surface area contributed by atoms with Crippen molar-refractivity contribution in [2.45, 2.75) is 19.1 Å². The second kappa shape index (κ2) is 4.31. The minimum Gasteiger partial charge on any atom is -0.483 e. The lowest BCUT2D eigenvalue weighted by Gasteiger charge is -2.15. The van der Waals surface area contributed by atoms with Crippen molar-refractivity contribution in [1.82, 2.24) is 0 Å². The Morgan fingerprint density at radius 1 is 1.53 bits per heavy atom. The van der Waals surface area contributed by atoms with Crippen LogP contribution in [0.15, 0.2) is 30.4 Å². The molecule has 2 N–H and O–H groups in total. The van der Waals surface area contributed by atoms with Crippen molar-refractivity contribution in [3.8, 4) is 5.75 Å². The lowest BCUT2D eigenvalue weighted by atomic mass is 9.99. The second-order valence-electron chi connectivity index (χ2n) is 4.11. The van der Waals surface area contributed by atoms with E-state index in [2.05, 4.69) is 6.58 Å². The van der Waals surface area contributed by atoms with Crippen LogP contribution in [0.1, 0.15) is 28.9 Å². The van der Waals surface area contributed by atoms with Gasteiger partial charge in [0.2, 0.25) is 0 Å². The number of hydrogen-bond acceptors (Lipinski definition) is 4. The van der Waals surface area contributed by atoms with Gasteiger partial charge in [0, 0.05) is 11.1 Å². The van der Waals surface area contributed by atoms with E-state index < -0.39 is 12.2 Å². The molecule has 0 saturated heterocycles. The van der Waals surface area contributed by atoms with Crippen LogP contribution in [-0.4, -0.2) is 28.7 Å². The molecular weight excluding hydrogens is 220 g/mol. The van der Waals surface area contributed by atoms with Gasteiger partial charge in [0.05, 0.1) is 6.61 Å². The predicted molar refractivity (Wildman–Crippen MR) is 62.0 cm³/mol. The van der Waals surface area contributed by atoms with Crippen LogP contribution < -0.4 is 4.74 Å². The first-order chi connectivity index (χ1) is 8.04. The number of benzene rings is 1. The number of ether oxygens (including phenoxy) is 1. The van der Waals surface area contributed by atoms with Crippen molar-refractivity contribution in [1.29, 1.82) is 0 Å². The molecule has 90 valence electrons. The number of carbonyl (C=O) groups is 1. The van der Waals surface area contributed by atoms with Gasteiger partial charge >= 0.3 is 0 Å². The van der Waals surface area contributed by atoms with E-state index in [9.17, 15) is 9.90 Å². The molecule has 1 aromatic rings. The van der Waals surface area contributed by atoms with Gasteiger partial charge in [0.1, 0.15) is 11.9 Å². The van der Waals surface area contributed by atoms with Crippen LogP contribution in [0.4, 0.5) is 0 Å². The SMILES string of the molecule is C=C(CO)[C@H]1Oc2ccc(C(C)=O)cc2[C@@H]1O. The van der Waals surface area contributed by atoms with E-state index >= 15 is 0 Å². The van der Waals surface area contributed by atoms with Crippen molar-refractivity contribution >= 4 is 5.78 Å². The summed E-state index contributed by atoms with van der Waals surface area (Å²) in [4.78, 5) is 11.2. The maximum Gasteiger partial charge on any atom is 0.159 e. The highest BCUT2D eigenvalue weighted by Crippen LogP contribution is 2.39. The second-order valence-corrected chi connectivity index (χ2v) is 4.11. The highest BCUT2D eigenvalue weighted by molar-refractivity contribution is 5.94. The van der Waals surface area contributed by atoms with E-state index in [1.54, 1.807) is 18.2 Å². The zero-order valence-corrected chi connectivity index (χ0v) is 9.51. The number of Topliss-reactive ketones (excluding diaryl/α,β-unsaturated/α-hetero) is 1. The van der Waals surface area contributed by atoms with Gasteiger partial charge in [-0.2, -0.15) is 0 Å². The summed E-state index contributed by atoms with van der Waals surface area (Å²) in [5.74, 6) is 0.464. The van der Waals surface area contributed by atoms with E-state index in [4.69, 9.17) is 9.84 Å². The summed E-state index contributed by atoms with van der Waals surface area (Å²) in [5, 5.41) is 19.0. The lowest BCUT2D eigenvalue weighted by Crippen LogP contribution is -2.22. The molecule has 0 fully saturated rings. The number of hydrogen-bond donors (Lipinski definition) is 2. The average molecular weight is 234 g/mol. The maximum absolute atomic E-state index is 11.2. The standard InChI is InChI=1S/C13H14O4/c1-7(6-14)13-12(16)10-5-9(8(2)15)3-4-11(10)17-13/h3-5,12-14,16H,1,6H2,2H3/t12-,13+/m0/s1. The Hall–Kier alpha value is -1.65. The number of fused-ring (bicyclic) bond motifs is 1. The number of carbonyl (C=O) groups excluding carboxylic acids is 1. The molecule has 4 heteroatoms. The Morgan fingerprint density at radius 2 is 2.24 bits per heavy atom. The van der Waals surface area contributed by atoms with Crippen molar-refractivity contribution in [2.24, 2.45) is 0 Å². The molecule has 4 nitrogen and oxygen atoms in total. The largest absolute Gasteiger partial charge is 0.483 e. The topological polar surface area (TPSA) is 66.8 Å². The van der Waals surface area contributed by atoms with Crippen LogP contribution in [0, 0.1) is 0 Å². The van der Waals surface area contributed by atoms with Crippen LogP contribution in [0.25, 0.3) is 0 Å². The molecule has 0 saturated carbocycles. The van der Waals surface area contributed by atoms with Crippen molar-refractivity contribution < 1.29 is 19.7 Å². The molecule has 0 radical (unpaired) electrons. The van der Waals surface area contributed by atoms with Crippen LogP contribution in [0.2, 0.25) is 0 Å². The molecule has 0 amide bonds. The van der Waals surface area contributed by atoms with Gasteiger partial charge in [-0.3, -0.25) is 4.79 Å². The first kappa shape index (κ1) is 11.8. The van der Waals surface area contributed by atoms with Crippen LogP contribution >= 0.6 is 0 Å². The molecule has 1 aliphatic heterocycles. The lowest BCUT2D eigenvalue weighted by molar-refractivity contribution is 0.0825. The number of aliphatic hydroxyl groups is 2. The van der Waals surface area contributed by atoms with E-state index in [1.807, 2.05) is 0 Å². The quantitative estimate of drug-likeness (QED) is 0.610. The van der Waals surface area contributed by atoms with Gasteiger partial charge in [0.25, 0.3) is 0 Å². The van der Waals surface area contributed by atoms with Crippen molar-refractivity contribution in [2.75, 3.05) is 6.61 Å². The third kappa shape index (κ3) is 1.97. The van der Waals surface area contributed by atoms with Crippen LogP contribution in [0.3, 0.4) is 0 Å². The molecule has 1 aliphatic rings. The maximum atomic E-state index is 11.2. The molecule has 0 unspecified atom stereocenters. The first-order valence-corrected chi connectivity index (χ1v) is 5.32. The van der Waals surface area contributed by atoms with Crippen LogP contribution in [0.5, 0.6) is 5.75 Å². The highest BCUT2D eigenvalue weighted by atomic mass is 16.5.